The summed E-state index contributed by atoms with van der Waals surface area (Å²) in [5.74, 6) is -0.191. The molecule has 1 amide bonds. The molecular formula is C20H24N2O4S2. The van der Waals surface area contributed by atoms with Crippen molar-refractivity contribution in [2.45, 2.75) is 43.4 Å². The fraction of sp³-hybridized carbons (Fsp3) is 0.400. The zero-order valence-electron chi connectivity index (χ0n) is 15.6. The van der Waals surface area contributed by atoms with Crippen LogP contribution in [0.2, 0.25) is 0 Å². The number of rotatable bonds is 8. The van der Waals surface area contributed by atoms with Crippen molar-refractivity contribution in [2.24, 2.45) is 0 Å². The number of nitrogens with one attached hydrogen (secondary N) is 1. The number of carbonyl (C=O) groups excluding carboxylic acids is 2. The van der Waals surface area contributed by atoms with Crippen LogP contribution in [0.15, 0.2) is 46.7 Å². The average molecular weight is 421 g/mol. The Morgan fingerprint density at radius 3 is 2.54 bits per heavy atom. The first kappa shape index (κ1) is 20.7. The Labute approximate surface area is 169 Å². The van der Waals surface area contributed by atoms with Crippen molar-refractivity contribution in [1.29, 1.82) is 0 Å². The summed E-state index contributed by atoms with van der Waals surface area (Å²) in [4.78, 5) is 25.0. The maximum atomic E-state index is 12.8. The van der Waals surface area contributed by atoms with Crippen LogP contribution < -0.4 is 5.32 Å². The summed E-state index contributed by atoms with van der Waals surface area (Å²) in [6.07, 6.45) is 3.78. The van der Waals surface area contributed by atoms with E-state index in [2.05, 4.69) is 5.32 Å². The van der Waals surface area contributed by atoms with E-state index in [-0.39, 0.29) is 23.0 Å². The number of benzene rings is 1. The van der Waals surface area contributed by atoms with Gasteiger partial charge in [-0.3, -0.25) is 9.59 Å². The van der Waals surface area contributed by atoms with Crippen molar-refractivity contribution >= 4 is 38.7 Å². The standard InChI is InChI=1S/C20H24N2O4S2/c23-18(19-10-6-14-27-19)9-5-11-20(24)21-16-7-4-8-17(15-16)28(25,26)22-12-2-1-3-13-22/h4,6-8,10,14-15H,1-3,5,9,11-13H2,(H,21,24). The quantitative estimate of drug-likeness (QED) is 0.656. The molecule has 1 saturated heterocycles. The third-order valence-electron chi connectivity index (χ3n) is 4.67. The molecule has 2 aromatic rings. The smallest absolute Gasteiger partial charge is 0.243 e. The Morgan fingerprint density at radius 1 is 1.04 bits per heavy atom. The van der Waals surface area contributed by atoms with E-state index >= 15 is 0 Å². The first-order valence-electron chi connectivity index (χ1n) is 9.43. The molecule has 0 bridgehead atoms. The second kappa shape index (κ2) is 9.45. The van der Waals surface area contributed by atoms with Crippen molar-refractivity contribution in [3.63, 3.8) is 0 Å². The van der Waals surface area contributed by atoms with Crippen molar-refractivity contribution < 1.29 is 18.0 Å². The van der Waals surface area contributed by atoms with Gasteiger partial charge in [0.25, 0.3) is 0 Å². The molecule has 0 radical (unpaired) electrons. The van der Waals surface area contributed by atoms with Gasteiger partial charge in [-0.05, 0) is 48.9 Å². The Morgan fingerprint density at radius 2 is 1.82 bits per heavy atom. The summed E-state index contributed by atoms with van der Waals surface area (Å²) in [5, 5.41) is 4.59. The average Bonchev–Trinajstić information content (AvgIpc) is 3.24. The molecule has 8 heteroatoms. The third kappa shape index (κ3) is 5.27. The Hall–Kier alpha value is -2.03. The molecule has 150 valence electrons. The molecule has 3 rings (SSSR count). The summed E-state index contributed by atoms with van der Waals surface area (Å²) < 4.78 is 27.0. The van der Waals surface area contributed by atoms with Crippen LogP contribution in [0.3, 0.4) is 0 Å². The number of hydrogen-bond acceptors (Lipinski definition) is 5. The van der Waals surface area contributed by atoms with E-state index in [0.29, 0.717) is 36.5 Å². The SMILES string of the molecule is O=C(CCCC(=O)c1cccs1)Nc1cccc(S(=O)(=O)N2CCCCC2)c1. The molecule has 1 aliphatic rings. The second-order valence-corrected chi connectivity index (χ2v) is 9.68. The number of ketones is 1. The van der Waals surface area contributed by atoms with Gasteiger partial charge in [0, 0.05) is 31.6 Å². The molecule has 0 atom stereocenters. The fourth-order valence-corrected chi connectivity index (χ4v) is 5.44. The lowest BCUT2D eigenvalue weighted by Gasteiger charge is -2.26. The highest BCUT2D eigenvalue weighted by molar-refractivity contribution is 7.89. The number of anilines is 1. The number of thiophene rings is 1. The van der Waals surface area contributed by atoms with Crippen LogP contribution in [0, 0.1) is 0 Å². The van der Waals surface area contributed by atoms with Crippen LogP contribution >= 0.6 is 11.3 Å². The minimum absolute atomic E-state index is 0.0393. The van der Waals surface area contributed by atoms with Gasteiger partial charge in [0.15, 0.2) is 5.78 Å². The number of nitrogens with zero attached hydrogens (tertiary/aromatic N) is 1. The molecule has 2 heterocycles. The molecule has 1 aliphatic heterocycles. The van der Waals surface area contributed by atoms with E-state index in [9.17, 15) is 18.0 Å². The normalized spacial score (nSPS) is 15.3. The highest BCUT2D eigenvalue weighted by Gasteiger charge is 2.26. The fourth-order valence-electron chi connectivity index (χ4n) is 3.18. The van der Waals surface area contributed by atoms with Crippen molar-refractivity contribution in [2.75, 3.05) is 18.4 Å². The van der Waals surface area contributed by atoms with Crippen LogP contribution in [0.25, 0.3) is 0 Å². The van der Waals surface area contributed by atoms with Gasteiger partial charge in [0.05, 0.1) is 9.77 Å². The van der Waals surface area contributed by atoms with Gasteiger partial charge in [-0.1, -0.05) is 18.6 Å². The lowest BCUT2D eigenvalue weighted by Crippen LogP contribution is -2.35. The third-order valence-corrected chi connectivity index (χ3v) is 7.48. The van der Waals surface area contributed by atoms with Gasteiger partial charge in [-0.15, -0.1) is 11.3 Å². The van der Waals surface area contributed by atoms with E-state index in [0.717, 1.165) is 19.3 Å². The van der Waals surface area contributed by atoms with Gasteiger partial charge in [0.1, 0.15) is 0 Å². The summed E-state index contributed by atoms with van der Waals surface area (Å²) in [7, 11) is -3.54. The zero-order valence-corrected chi connectivity index (χ0v) is 17.2. The molecule has 1 aromatic carbocycles. The topological polar surface area (TPSA) is 83.5 Å². The van der Waals surface area contributed by atoms with E-state index in [1.807, 2.05) is 11.4 Å². The van der Waals surface area contributed by atoms with Crippen molar-refractivity contribution in [1.82, 2.24) is 4.31 Å². The van der Waals surface area contributed by atoms with Gasteiger partial charge >= 0.3 is 0 Å². The summed E-state index contributed by atoms with van der Waals surface area (Å²) in [6, 6.07) is 9.96. The minimum atomic E-state index is -3.54. The molecule has 1 fully saturated rings. The van der Waals surface area contributed by atoms with E-state index in [4.69, 9.17) is 0 Å². The van der Waals surface area contributed by atoms with Crippen molar-refractivity contribution in [3.8, 4) is 0 Å². The predicted octanol–water partition coefficient (Wildman–Crippen LogP) is 3.91. The first-order chi connectivity index (χ1) is 13.5. The number of Topliss-reactive ketones (excluding diaryl/α,β-unsaturated/α-hetero) is 1. The molecule has 0 unspecified atom stereocenters. The van der Waals surface area contributed by atoms with Crippen LogP contribution in [0.1, 0.15) is 48.2 Å². The van der Waals surface area contributed by atoms with Crippen LogP contribution in [-0.4, -0.2) is 37.5 Å². The lowest BCUT2D eigenvalue weighted by atomic mass is 10.1. The maximum Gasteiger partial charge on any atom is 0.243 e. The maximum absolute atomic E-state index is 12.8. The highest BCUT2D eigenvalue weighted by atomic mass is 32.2. The zero-order chi connectivity index (χ0) is 20.0. The van der Waals surface area contributed by atoms with E-state index in [1.54, 1.807) is 24.3 Å². The van der Waals surface area contributed by atoms with Crippen LogP contribution in [0.4, 0.5) is 5.69 Å². The summed E-state index contributed by atoms with van der Waals surface area (Å²) in [5.41, 5.74) is 0.452. The molecule has 1 N–H and O–H groups in total. The molecule has 0 saturated carbocycles. The van der Waals surface area contributed by atoms with Gasteiger partial charge < -0.3 is 5.32 Å². The molecule has 0 spiro atoms. The van der Waals surface area contributed by atoms with Gasteiger partial charge in [0.2, 0.25) is 15.9 Å². The second-order valence-electron chi connectivity index (χ2n) is 6.79. The molecule has 28 heavy (non-hydrogen) atoms. The molecule has 1 aromatic heterocycles. The number of carbonyl (C=O) groups is 2. The Balaban J connectivity index is 1.55. The Bertz CT molecular complexity index is 917. The van der Waals surface area contributed by atoms with Crippen molar-refractivity contribution in [3.05, 3.63) is 46.7 Å². The summed E-state index contributed by atoms with van der Waals surface area (Å²) >= 11 is 1.40. The largest absolute Gasteiger partial charge is 0.326 e. The Kier molecular flexibility index (Phi) is 6.98. The predicted molar refractivity (Wildman–Crippen MR) is 110 cm³/mol. The van der Waals surface area contributed by atoms with E-state index in [1.165, 1.54) is 21.7 Å². The van der Waals surface area contributed by atoms with Gasteiger partial charge in [-0.25, -0.2) is 8.42 Å². The van der Waals surface area contributed by atoms with E-state index < -0.39 is 10.0 Å². The monoisotopic (exact) mass is 420 g/mol. The molecule has 0 aliphatic carbocycles. The number of amides is 1. The number of sulfonamides is 1. The van der Waals surface area contributed by atoms with Crippen LogP contribution in [0.5, 0.6) is 0 Å². The van der Waals surface area contributed by atoms with Crippen LogP contribution in [-0.2, 0) is 14.8 Å². The highest BCUT2D eigenvalue weighted by Crippen LogP contribution is 2.23. The first-order valence-corrected chi connectivity index (χ1v) is 11.8. The van der Waals surface area contributed by atoms with Gasteiger partial charge in [-0.2, -0.15) is 4.31 Å². The number of hydrogen-bond donors (Lipinski definition) is 1. The summed E-state index contributed by atoms with van der Waals surface area (Å²) in [6.45, 7) is 1.08. The number of piperidine rings is 1. The lowest BCUT2D eigenvalue weighted by molar-refractivity contribution is -0.116. The molecular weight excluding hydrogens is 396 g/mol. The molecule has 6 nitrogen and oxygen atoms in total. The minimum Gasteiger partial charge on any atom is -0.326 e.